The topological polar surface area (TPSA) is 11.4 Å². The Morgan fingerprint density at radius 2 is 0.468 bits per heavy atom. The van der Waals surface area contributed by atoms with E-state index in [1.165, 1.54) is 76.7 Å². The second kappa shape index (κ2) is 19.6. The van der Waals surface area contributed by atoms with Crippen LogP contribution in [-0.2, 0) is 0 Å². The van der Waals surface area contributed by atoms with Crippen molar-refractivity contribution in [3.63, 3.8) is 0 Å². The molecule has 0 amide bonds. The van der Waals surface area contributed by atoms with Crippen LogP contribution in [0.25, 0.3) is 93.5 Å². The van der Waals surface area contributed by atoms with Gasteiger partial charge in [0.2, 0.25) is 0 Å². The Morgan fingerprint density at radius 1 is 0.208 bits per heavy atom. The number of anilines is 6. The maximum absolute atomic E-state index is 2.49. The molecule has 0 unspecified atom stereocenters. The number of hydrogen-bond donors (Lipinski definition) is 0. The average molecular weight is 982 g/mol. The van der Waals surface area contributed by atoms with E-state index < -0.39 is 0 Å². The Labute approximate surface area is 449 Å². The first-order chi connectivity index (χ1) is 38.2. The Morgan fingerprint density at radius 3 is 0.818 bits per heavy atom. The van der Waals surface area contributed by atoms with Crippen LogP contribution in [0, 0.1) is 0 Å². The first-order valence-corrected chi connectivity index (χ1v) is 26.4. The summed E-state index contributed by atoms with van der Waals surface area (Å²) in [6, 6.07) is 112. The molecular weight excluding hydrogens is 931 g/mol. The van der Waals surface area contributed by atoms with Gasteiger partial charge in [0.15, 0.2) is 0 Å². The molecule has 14 rings (SSSR count). The molecule has 77 heavy (non-hydrogen) atoms. The third kappa shape index (κ3) is 8.28. The van der Waals surface area contributed by atoms with Crippen LogP contribution in [0.3, 0.4) is 0 Å². The molecule has 0 bridgehead atoms. The third-order valence-electron chi connectivity index (χ3n) is 15.2. The zero-order chi connectivity index (χ0) is 51.1. The Balaban J connectivity index is 0.905. The number of hydrogen-bond acceptors (Lipinski definition) is 2. The summed E-state index contributed by atoms with van der Waals surface area (Å²) in [5.74, 6) is 0. The lowest BCUT2D eigenvalue weighted by molar-refractivity contribution is 1.18. The van der Waals surface area contributed by atoms with Crippen molar-refractivity contribution < 1.29 is 0 Å². The molecular formula is C74H51N3. The summed E-state index contributed by atoms with van der Waals surface area (Å²) in [7, 11) is 0. The van der Waals surface area contributed by atoms with Gasteiger partial charge in [0.05, 0.1) is 11.0 Å². The second-order valence-corrected chi connectivity index (χ2v) is 19.7. The van der Waals surface area contributed by atoms with Crippen LogP contribution in [0.1, 0.15) is 0 Å². The highest BCUT2D eigenvalue weighted by Crippen LogP contribution is 2.47. The molecule has 0 saturated carbocycles. The van der Waals surface area contributed by atoms with Crippen LogP contribution < -0.4 is 9.80 Å². The average Bonchev–Trinajstić information content (AvgIpc) is 3.89. The predicted molar refractivity (Wildman–Crippen MR) is 327 cm³/mol. The number of fused-ring (bicyclic) bond motifs is 7. The van der Waals surface area contributed by atoms with Crippen molar-refractivity contribution in [3.05, 3.63) is 309 Å². The number of nitrogens with zero attached hydrogens (tertiary/aromatic N) is 3. The molecule has 14 aromatic rings. The monoisotopic (exact) mass is 981 g/mol. The van der Waals surface area contributed by atoms with Gasteiger partial charge >= 0.3 is 0 Å². The normalized spacial score (nSPS) is 11.4. The van der Waals surface area contributed by atoms with Crippen molar-refractivity contribution in [2.75, 3.05) is 9.80 Å². The molecule has 0 aliphatic heterocycles. The molecule has 362 valence electrons. The van der Waals surface area contributed by atoms with Gasteiger partial charge in [-0.3, -0.25) is 0 Å². The van der Waals surface area contributed by atoms with Gasteiger partial charge in [-0.25, -0.2) is 0 Å². The lowest BCUT2D eigenvalue weighted by atomic mass is 9.91. The van der Waals surface area contributed by atoms with Crippen molar-refractivity contribution in [3.8, 4) is 50.2 Å². The maximum atomic E-state index is 2.49. The van der Waals surface area contributed by atoms with E-state index in [1.54, 1.807) is 0 Å². The zero-order valence-electron chi connectivity index (χ0n) is 42.3. The van der Waals surface area contributed by atoms with Gasteiger partial charge in [-0.2, -0.15) is 0 Å². The molecule has 1 heterocycles. The van der Waals surface area contributed by atoms with Crippen molar-refractivity contribution in [2.24, 2.45) is 0 Å². The smallest absolute Gasteiger partial charge is 0.0553 e. The van der Waals surface area contributed by atoms with Gasteiger partial charge in [0, 0.05) is 50.6 Å². The van der Waals surface area contributed by atoms with E-state index in [0.717, 1.165) is 50.9 Å². The number of para-hydroxylation sites is 3. The summed E-state index contributed by atoms with van der Waals surface area (Å²) in [5.41, 5.74) is 19.6. The summed E-state index contributed by atoms with van der Waals surface area (Å²) in [6.07, 6.45) is 0. The third-order valence-corrected chi connectivity index (χ3v) is 15.2. The summed E-state index contributed by atoms with van der Waals surface area (Å²) in [5, 5.41) is 7.41. The fourth-order valence-corrected chi connectivity index (χ4v) is 11.6. The quantitative estimate of drug-likeness (QED) is 0.128. The van der Waals surface area contributed by atoms with Gasteiger partial charge in [0.25, 0.3) is 0 Å². The van der Waals surface area contributed by atoms with E-state index >= 15 is 0 Å². The van der Waals surface area contributed by atoms with Crippen LogP contribution >= 0.6 is 0 Å². The molecule has 3 nitrogen and oxygen atoms in total. The maximum Gasteiger partial charge on any atom is 0.0553 e. The minimum absolute atomic E-state index is 1.09. The predicted octanol–water partition coefficient (Wildman–Crippen LogP) is 20.7. The summed E-state index contributed by atoms with van der Waals surface area (Å²) in [6.45, 7) is 0. The Bertz CT molecular complexity index is 4100. The molecule has 0 saturated heterocycles. The Kier molecular flexibility index (Phi) is 11.5. The molecule has 13 aromatic carbocycles. The first-order valence-electron chi connectivity index (χ1n) is 26.4. The van der Waals surface area contributed by atoms with Crippen LogP contribution in [-0.4, -0.2) is 4.57 Å². The molecule has 0 radical (unpaired) electrons. The fourth-order valence-electron chi connectivity index (χ4n) is 11.6. The number of aromatic nitrogens is 1. The van der Waals surface area contributed by atoms with E-state index in [4.69, 9.17) is 0 Å². The van der Waals surface area contributed by atoms with Crippen molar-refractivity contribution in [1.29, 1.82) is 0 Å². The second-order valence-electron chi connectivity index (χ2n) is 19.7. The number of rotatable bonds is 11. The molecule has 3 heteroatoms. The highest BCUT2D eigenvalue weighted by atomic mass is 15.1. The minimum Gasteiger partial charge on any atom is -0.311 e. The van der Waals surface area contributed by atoms with Crippen molar-refractivity contribution in [2.45, 2.75) is 0 Å². The van der Waals surface area contributed by atoms with Crippen LogP contribution in [0.5, 0.6) is 0 Å². The van der Waals surface area contributed by atoms with E-state index in [0.29, 0.717) is 0 Å². The fraction of sp³-hybridized carbons (Fsp3) is 0. The lowest BCUT2D eigenvalue weighted by Crippen LogP contribution is -2.09. The van der Waals surface area contributed by atoms with Gasteiger partial charge in [-0.05, 0) is 163 Å². The molecule has 0 aliphatic carbocycles. The standard InChI is InChI=1S/C74H51N3/c1-6-20-52(21-7-1)54-34-42-61(43-35-54)75(58-24-10-3-11-25-58)63-46-38-56(39-47-63)69-50-71-73(67-32-18-16-30-65(67)69)74-68-33-19-17-31-66(68)70(51-72(74)77(71)60-28-14-5-15-29-60)57-40-48-64(49-41-57)76(59-26-12-4-13-27-59)62-44-36-55(37-45-62)53-22-8-2-9-23-53/h1-51H. The van der Waals surface area contributed by atoms with Gasteiger partial charge in [-0.1, -0.05) is 212 Å². The molecule has 0 aliphatic rings. The van der Waals surface area contributed by atoms with E-state index in [-0.39, 0.29) is 0 Å². The van der Waals surface area contributed by atoms with Crippen molar-refractivity contribution in [1.82, 2.24) is 4.57 Å². The summed E-state index contributed by atoms with van der Waals surface area (Å²) >= 11 is 0. The van der Waals surface area contributed by atoms with Crippen LogP contribution in [0.4, 0.5) is 34.1 Å². The van der Waals surface area contributed by atoms with Gasteiger partial charge < -0.3 is 14.4 Å². The highest BCUT2D eigenvalue weighted by molar-refractivity contribution is 6.31. The van der Waals surface area contributed by atoms with E-state index in [9.17, 15) is 0 Å². The Hall–Kier alpha value is -10.2. The largest absolute Gasteiger partial charge is 0.311 e. The van der Waals surface area contributed by atoms with Gasteiger partial charge in [-0.15, -0.1) is 0 Å². The molecule has 0 N–H and O–H groups in total. The lowest BCUT2D eigenvalue weighted by Gasteiger charge is -2.26. The molecule has 0 spiro atoms. The first kappa shape index (κ1) is 45.4. The summed E-state index contributed by atoms with van der Waals surface area (Å²) < 4.78 is 2.49. The van der Waals surface area contributed by atoms with Gasteiger partial charge in [0.1, 0.15) is 0 Å². The minimum atomic E-state index is 1.09. The van der Waals surface area contributed by atoms with E-state index in [2.05, 4.69) is 324 Å². The molecule has 0 atom stereocenters. The van der Waals surface area contributed by atoms with Crippen LogP contribution in [0.15, 0.2) is 309 Å². The molecule has 0 fully saturated rings. The van der Waals surface area contributed by atoms with E-state index in [1.807, 2.05) is 0 Å². The summed E-state index contributed by atoms with van der Waals surface area (Å²) in [4.78, 5) is 4.68. The highest BCUT2D eigenvalue weighted by Gasteiger charge is 2.23. The number of benzene rings is 13. The van der Waals surface area contributed by atoms with Crippen LogP contribution in [0.2, 0.25) is 0 Å². The SMILES string of the molecule is c1ccc(-c2ccc(N(c3ccccc3)c3ccc(-c4cc5c(c6ccccc46)c4c6ccccc6c(-c6ccc(N(c7ccccc7)c7ccc(-c8ccccc8)cc7)cc6)cc4n5-c4ccccc4)cc3)cc2)cc1. The zero-order valence-corrected chi connectivity index (χ0v) is 42.3. The van der Waals surface area contributed by atoms with Crippen molar-refractivity contribution >= 4 is 77.5 Å². The molecule has 1 aromatic heterocycles.